The maximum atomic E-state index is 12.6. The van der Waals surface area contributed by atoms with Gasteiger partial charge in [0.25, 0.3) is 5.91 Å². The summed E-state index contributed by atoms with van der Waals surface area (Å²) in [5.74, 6) is -0.0659. The molecule has 1 fully saturated rings. The maximum absolute atomic E-state index is 12.6. The summed E-state index contributed by atoms with van der Waals surface area (Å²) in [5, 5.41) is 12.5. The summed E-state index contributed by atoms with van der Waals surface area (Å²) < 4.78 is 11.1. The molecule has 2 aromatic heterocycles. The molecule has 7 nitrogen and oxygen atoms in total. The van der Waals surface area contributed by atoms with Crippen LogP contribution in [0.2, 0.25) is 0 Å². The lowest BCUT2D eigenvalue weighted by atomic mass is 9.88. The first-order valence-electron chi connectivity index (χ1n) is 10.9. The first-order chi connectivity index (χ1) is 15.6. The third-order valence-corrected chi connectivity index (χ3v) is 6.53. The van der Waals surface area contributed by atoms with Gasteiger partial charge in [-0.2, -0.15) is 5.10 Å². The second-order valence-electron chi connectivity index (χ2n) is 9.07. The molecule has 2 N–H and O–H groups in total. The number of aromatic nitrogens is 3. The molecule has 6 rings (SSSR count). The molecule has 0 saturated carbocycles. The van der Waals surface area contributed by atoms with Gasteiger partial charge in [-0.1, -0.05) is 19.1 Å². The van der Waals surface area contributed by atoms with Gasteiger partial charge < -0.3 is 14.8 Å². The Labute approximate surface area is 185 Å². The van der Waals surface area contributed by atoms with Gasteiger partial charge >= 0.3 is 0 Å². The van der Waals surface area contributed by atoms with Crippen molar-refractivity contribution in [2.75, 3.05) is 26.4 Å². The van der Waals surface area contributed by atoms with Gasteiger partial charge in [-0.15, -0.1) is 0 Å². The second-order valence-corrected chi connectivity index (χ2v) is 9.07. The summed E-state index contributed by atoms with van der Waals surface area (Å²) in [6.07, 6.45) is 2.72. The molecule has 0 bridgehead atoms. The molecule has 2 aromatic carbocycles. The Bertz CT molecular complexity index is 1340. The van der Waals surface area contributed by atoms with Crippen LogP contribution in [0.15, 0.2) is 42.6 Å². The molecule has 0 spiro atoms. The molecule has 0 atom stereocenters. The molecule has 0 aliphatic carbocycles. The highest BCUT2D eigenvalue weighted by Crippen LogP contribution is 2.36. The number of nitrogens with one attached hydrogen (secondary N) is 2. The highest BCUT2D eigenvalue weighted by atomic mass is 16.5. The van der Waals surface area contributed by atoms with Gasteiger partial charge in [-0.05, 0) is 36.2 Å². The average Bonchev–Trinajstić information content (AvgIpc) is 3.30. The van der Waals surface area contributed by atoms with Crippen molar-refractivity contribution in [3.8, 4) is 11.3 Å². The zero-order chi connectivity index (χ0) is 21.7. The van der Waals surface area contributed by atoms with Crippen molar-refractivity contribution >= 4 is 27.7 Å². The molecule has 162 valence electrons. The highest BCUT2D eigenvalue weighted by Gasteiger charge is 2.33. The SMILES string of the molecule is CC1(CNC(=O)c2ccc(-c3nc4ccc5[nH]ncc5c4c4c3COCC4)cc2)COC1. The van der Waals surface area contributed by atoms with E-state index in [-0.39, 0.29) is 11.3 Å². The van der Waals surface area contributed by atoms with Gasteiger partial charge in [-0.25, -0.2) is 4.98 Å². The lowest BCUT2D eigenvalue weighted by Gasteiger charge is -2.38. The van der Waals surface area contributed by atoms with Gasteiger partial charge in [0.15, 0.2) is 0 Å². The zero-order valence-corrected chi connectivity index (χ0v) is 17.9. The number of H-pyrrole nitrogens is 1. The van der Waals surface area contributed by atoms with Crippen LogP contribution in [-0.2, 0) is 22.5 Å². The van der Waals surface area contributed by atoms with Crippen molar-refractivity contribution in [2.45, 2.75) is 20.0 Å². The highest BCUT2D eigenvalue weighted by molar-refractivity contribution is 6.07. The second kappa shape index (κ2) is 7.39. The van der Waals surface area contributed by atoms with E-state index in [0.717, 1.165) is 45.0 Å². The number of pyridine rings is 1. The van der Waals surface area contributed by atoms with Crippen LogP contribution in [0.1, 0.15) is 28.4 Å². The Morgan fingerprint density at radius 3 is 2.75 bits per heavy atom. The molecule has 32 heavy (non-hydrogen) atoms. The molecular weight excluding hydrogens is 404 g/mol. The van der Waals surface area contributed by atoms with E-state index in [1.54, 1.807) is 0 Å². The largest absolute Gasteiger partial charge is 0.380 e. The third kappa shape index (κ3) is 3.16. The van der Waals surface area contributed by atoms with E-state index in [1.807, 2.05) is 42.6 Å². The number of hydrogen-bond acceptors (Lipinski definition) is 5. The van der Waals surface area contributed by atoms with E-state index >= 15 is 0 Å². The van der Waals surface area contributed by atoms with Gasteiger partial charge in [0.2, 0.25) is 0 Å². The van der Waals surface area contributed by atoms with Crippen molar-refractivity contribution < 1.29 is 14.3 Å². The van der Waals surface area contributed by atoms with Crippen LogP contribution in [0.25, 0.3) is 33.1 Å². The molecule has 2 aliphatic heterocycles. The molecule has 1 saturated heterocycles. The number of hydrogen-bond donors (Lipinski definition) is 2. The molecule has 7 heteroatoms. The van der Waals surface area contributed by atoms with Crippen LogP contribution in [0, 0.1) is 5.41 Å². The summed E-state index contributed by atoms with van der Waals surface area (Å²) >= 11 is 0. The quantitative estimate of drug-likeness (QED) is 0.518. The third-order valence-electron chi connectivity index (χ3n) is 6.53. The summed E-state index contributed by atoms with van der Waals surface area (Å²) in [6, 6.07) is 11.7. The van der Waals surface area contributed by atoms with Crippen LogP contribution in [0.4, 0.5) is 0 Å². The lowest BCUT2D eigenvalue weighted by molar-refractivity contribution is -0.0978. The molecule has 0 radical (unpaired) electrons. The van der Waals surface area contributed by atoms with Crippen molar-refractivity contribution in [3.05, 3.63) is 59.3 Å². The first-order valence-corrected chi connectivity index (χ1v) is 10.9. The van der Waals surface area contributed by atoms with E-state index < -0.39 is 0 Å². The number of fused-ring (bicyclic) bond motifs is 5. The number of amides is 1. The maximum Gasteiger partial charge on any atom is 0.251 e. The Morgan fingerprint density at radius 1 is 1.12 bits per heavy atom. The number of benzene rings is 2. The van der Waals surface area contributed by atoms with Gasteiger partial charge in [0, 0.05) is 39.4 Å². The summed E-state index contributed by atoms with van der Waals surface area (Å²) in [4.78, 5) is 17.6. The minimum Gasteiger partial charge on any atom is -0.380 e. The Balaban J connectivity index is 1.36. The number of nitrogens with zero attached hydrogens (tertiary/aromatic N) is 2. The minimum atomic E-state index is -0.0659. The molecule has 4 heterocycles. The van der Waals surface area contributed by atoms with Crippen molar-refractivity contribution in [1.29, 1.82) is 0 Å². The zero-order valence-electron chi connectivity index (χ0n) is 17.9. The fourth-order valence-electron chi connectivity index (χ4n) is 4.64. The van der Waals surface area contributed by atoms with E-state index in [4.69, 9.17) is 14.5 Å². The van der Waals surface area contributed by atoms with E-state index in [9.17, 15) is 4.79 Å². The fraction of sp³-hybridized carbons (Fsp3) is 0.320. The van der Waals surface area contributed by atoms with Crippen molar-refractivity contribution in [2.24, 2.45) is 5.41 Å². The average molecular weight is 428 g/mol. The smallest absolute Gasteiger partial charge is 0.251 e. The summed E-state index contributed by atoms with van der Waals surface area (Å²) in [6.45, 7) is 5.35. The van der Waals surface area contributed by atoms with Gasteiger partial charge in [-0.3, -0.25) is 9.89 Å². The molecule has 4 aromatic rings. The Hall–Kier alpha value is -3.29. The normalized spacial score (nSPS) is 17.2. The van der Waals surface area contributed by atoms with Crippen molar-refractivity contribution in [1.82, 2.24) is 20.5 Å². The Kier molecular flexibility index (Phi) is 4.48. The predicted octanol–water partition coefficient (Wildman–Crippen LogP) is 3.62. The van der Waals surface area contributed by atoms with Crippen molar-refractivity contribution in [3.63, 3.8) is 0 Å². The summed E-state index contributed by atoms with van der Waals surface area (Å²) in [5.41, 5.74) is 6.95. The standard InChI is InChI=1S/C25H24N4O3/c1-25(13-32-14-25)12-26-24(30)16-4-2-15(3-5-16)23-19-11-31-9-8-17(19)22-18-10-27-29-20(18)6-7-21(22)28-23/h2-7,10H,8-9,11-14H2,1H3,(H,26,30)(H,27,29). The molecule has 0 unspecified atom stereocenters. The van der Waals surface area contributed by atoms with Gasteiger partial charge in [0.05, 0.1) is 49.4 Å². The first kappa shape index (κ1) is 19.4. The van der Waals surface area contributed by atoms with Crippen LogP contribution in [0.5, 0.6) is 0 Å². The van der Waals surface area contributed by atoms with Crippen LogP contribution < -0.4 is 5.32 Å². The number of ether oxygens (including phenoxy) is 2. The molecule has 2 aliphatic rings. The molecule has 1 amide bonds. The van der Waals surface area contributed by atoms with E-state index in [0.29, 0.717) is 38.5 Å². The van der Waals surface area contributed by atoms with E-state index in [2.05, 4.69) is 22.4 Å². The van der Waals surface area contributed by atoms with Gasteiger partial charge in [0.1, 0.15) is 0 Å². The lowest BCUT2D eigenvalue weighted by Crippen LogP contribution is -2.48. The monoisotopic (exact) mass is 428 g/mol. The Morgan fingerprint density at radius 2 is 1.97 bits per heavy atom. The predicted molar refractivity (Wildman–Crippen MR) is 121 cm³/mol. The van der Waals surface area contributed by atoms with Crippen LogP contribution in [-0.4, -0.2) is 47.5 Å². The number of rotatable bonds is 4. The van der Waals surface area contributed by atoms with Crippen LogP contribution in [0.3, 0.4) is 0 Å². The number of aromatic amines is 1. The fourth-order valence-corrected chi connectivity index (χ4v) is 4.64. The molecular formula is C25H24N4O3. The topological polar surface area (TPSA) is 89.1 Å². The summed E-state index contributed by atoms with van der Waals surface area (Å²) in [7, 11) is 0. The minimum absolute atomic E-state index is 0.0457. The van der Waals surface area contributed by atoms with E-state index in [1.165, 1.54) is 5.56 Å². The number of carbonyl (C=O) groups is 1. The number of carbonyl (C=O) groups excluding carboxylic acids is 1. The van der Waals surface area contributed by atoms with Crippen LogP contribution >= 0.6 is 0 Å².